The third-order valence-corrected chi connectivity index (χ3v) is 4.22. The maximum absolute atomic E-state index is 14.1. The fourth-order valence-corrected chi connectivity index (χ4v) is 2.98. The molecule has 1 aromatic carbocycles. The van der Waals surface area contributed by atoms with Gasteiger partial charge < -0.3 is 9.67 Å². The third kappa shape index (κ3) is 3.33. The minimum Gasteiger partial charge on any atom is -0.390 e. The smallest absolute Gasteiger partial charge is 0.229 e. The first-order valence-corrected chi connectivity index (χ1v) is 8.01. The Bertz CT molecular complexity index is 763. The van der Waals surface area contributed by atoms with E-state index in [1.54, 1.807) is 19.9 Å². The van der Waals surface area contributed by atoms with Gasteiger partial charge in [0.25, 0.3) is 0 Å². The summed E-state index contributed by atoms with van der Waals surface area (Å²) in [6.45, 7) is 3.11. The highest BCUT2D eigenvalue weighted by Gasteiger charge is 2.27. The van der Waals surface area contributed by atoms with Crippen molar-refractivity contribution < 1.29 is 14.3 Å². The van der Waals surface area contributed by atoms with Gasteiger partial charge in [-0.1, -0.05) is 11.6 Å². The highest BCUT2D eigenvalue weighted by atomic mass is 35.5. The Labute approximate surface area is 138 Å². The molecule has 1 aliphatic carbocycles. The molecule has 5 nitrogen and oxygen atoms in total. The highest BCUT2D eigenvalue weighted by molar-refractivity contribution is 6.31. The molecule has 124 valence electrons. The number of nitrogens with zero attached hydrogens (tertiary/aromatic N) is 2. The van der Waals surface area contributed by atoms with Crippen LogP contribution in [0.1, 0.15) is 45.6 Å². The lowest BCUT2D eigenvalue weighted by atomic mass is 9.93. The second-order valence-corrected chi connectivity index (χ2v) is 7.12. The average Bonchev–Trinajstić information content (AvgIpc) is 2.64. The van der Waals surface area contributed by atoms with Gasteiger partial charge in [0, 0.05) is 11.1 Å². The number of carbonyl (C=O) groups is 1. The van der Waals surface area contributed by atoms with E-state index in [1.807, 2.05) is 4.57 Å². The van der Waals surface area contributed by atoms with Crippen LogP contribution in [-0.2, 0) is 4.79 Å². The summed E-state index contributed by atoms with van der Waals surface area (Å²) in [6.07, 6.45) is 2.93. The Balaban J connectivity index is 2.02. The Hall–Kier alpha value is -1.66. The molecule has 0 saturated heterocycles. The topological polar surface area (TPSA) is 67.2 Å². The Morgan fingerprint density at radius 2 is 2.22 bits per heavy atom. The number of anilines is 1. The van der Waals surface area contributed by atoms with Gasteiger partial charge in [-0.15, -0.1) is 0 Å². The second-order valence-electron chi connectivity index (χ2n) is 6.68. The van der Waals surface area contributed by atoms with E-state index in [0.717, 1.165) is 19.3 Å². The van der Waals surface area contributed by atoms with Gasteiger partial charge in [-0.2, -0.15) is 0 Å². The highest BCUT2D eigenvalue weighted by Crippen LogP contribution is 2.38. The van der Waals surface area contributed by atoms with E-state index in [2.05, 4.69) is 10.3 Å². The quantitative estimate of drug-likeness (QED) is 0.893. The monoisotopic (exact) mass is 339 g/mol. The van der Waals surface area contributed by atoms with Gasteiger partial charge in [-0.05, 0) is 45.2 Å². The molecule has 1 heterocycles. The molecule has 23 heavy (non-hydrogen) atoms. The van der Waals surface area contributed by atoms with Crippen molar-refractivity contribution >= 4 is 34.5 Å². The van der Waals surface area contributed by atoms with Crippen LogP contribution in [0.15, 0.2) is 12.1 Å². The summed E-state index contributed by atoms with van der Waals surface area (Å²) in [5.41, 5.74) is -0.343. The molecule has 0 unspecified atom stereocenters. The van der Waals surface area contributed by atoms with Crippen molar-refractivity contribution in [1.29, 1.82) is 0 Å². The molecule has 0 atom stereocenters. The lowest BCUT2D eigenvalue weighted by molar-refractivity contribution is -0.119. The van der Waals surface area contributed by atoms with E-state index in [9.17, 15) is 14.3 Å². The summed E-state index contributed by atoms with van der Waals surface area (Å²) in [6, 6.07) is 3.05. The van der Waals surface area contributed by atoms with Gasteiger partial charge in [0.1, 0.15) is 5.52 Å². The lowest BCUT2D eigenvalue weighted by Gasteiger charge is -2.29. The predicted molar refractivity (Wildman–Crippen MR) is 87.1 cm³/mol. The number of benzene rings is 1. The Morgan fingerprint density at radius 3 is 2.78 bits per heavy atom. The van der Waals surface area contributed by atoms with Crippen LogP contribution in [-0.4, -0.2) is 26.2 Å². The first-order valence-electron chi connectivity index (χ1n) is 7.64. The van der Waals surface area contributed by atoms with Crippen molar-refractivity contribution in [2.24, 2.45) is 0 Å². The summed E-state index contributed by atoms with van der Waals surface area (Å²) < 4.78 is 16.0. The van der Waals surface area contributed by atoms with Gasteiger partial charge >= 0.3 is 0 Å². The van der Waals surface area contributed by atoms with Crippen LogP contribution in [0, 0.1) is 5.82 Å². The zero-order valence-corrected chi connectivity index (χ0v) is 13.8. The third-order valence-electron chi connectivity index (χ3n) is 4.00. The van der Waals surface area contributed by atoms with Crippen molar-refractivity contribution in [1.82, 2.24) is 9.55 Å². The molecule has 1 saturated carbocycles. The SMILES string of the molecule is CC(C)(O)CC(=O)Nc1nc2c(F)cc(Cl)cc2n1C1CCC1. The van der Waals surface area contributed by atoms with Gasteiger partial charge in [0.2, 0.25) is 11.9 Å². The summed E-state index contributed by atoms with van der Waals surface area (Å²) in [5, 5.41) is 12.7. The normalized spacial score (nSPS) is 15.7. The zero-order valence-electron chi connectivity index (χ0n) is 13.1. The number of carbonyl (C=O) groups excluding carboxylic acids is 1. The molecule has 1 fully saturated rings. The van der Waals surface area contributed by atoms with E-state index in [4.69, 9.17) is 11.6 Å². The van der Waals surface area contributed by atoms with Crippen molar-refractivity contribution in [2.75, 3.05) is 5.32 Å². The maximum Gasteiger partial charge on any atom is 0.229 e. The summed E-state index contributed by atoms with van der Waals surface area (Å²) in [7, 11) is 0. The molecule has 1 aromatic heterocycles. The maximum atomic E-state index is 14.1. The molecular weight excluding hydrogens is 321 g/mol. The van der Waals surface area contributed by atoms with Crippen molar-refractivity contribution in [3.8, 4) is 0 Å². The average molecular weight is 340 g/mol. The molecule has 2 aromatic rings. The minimum atomic E-state index is -1.12. The van der Waals surface area contributed by atoms with Crippen LogP contribution in [0.25, 0.3) is 11.0 Å². The fraction of sp³-hybridized carbons (Fsp3) is 0.500. The summed E-state index contributed by atoms with van der Waals surface area (Å²) in [5.74, 6) is -0.566. The van der Waals surface area contributed by atoms with Crippen LogP contribution < -0.4 is 5.32 Å². The molecule has 0 bridgehead atoms. The molecule has 0 spiro atoms. The summed E-state index contributed by atoms with van der Waals surface area (Å²) in [4.78, 5) is 16.3. The number of aromatic nitrogens is 2. The fourth-order valence-electron chi connectivity index (χ4n) is 2.79. The van der Waals surface area contributed by atoms with E-state index in [-0.39, 0.29) is 23.9 Å². The first-order chi connectivity index (χ1) is 10.7. The lowest BCUT2D eigenvalue weighted by Crippen LogP contribution is -2.29. The molecule has 1 aliphatic rings. The first kappa shape index (κ1) is 16.2. The van der Waals surface area contributed by atoms with Crippen LogP contribution >= 0.6 is 11.6 Å². The summed E-state index contributed by atoms with van der Waals surface area (Å²) >= 11 is 5.96. The van der Waals surface area contributed by atoms with Crippen LogP contribution in [0.4, 0.5) is 10.3 Å². The molecular formula is C16H19ClFN3O2. The Kier molecular flexibility index (Phi) is 4.06. The van der Waals surface area contributed by atoms with Crippen LogP contribution in [0.3, 0.4) is 0 Å². The minimum absolute atomic E-state index is 0.0654. The van der Waals surface area contributed by atoms with Gasteiger partial charge in [-0.25, -0.2) is 9.37 Å². The van der Waals surface area contributed by atoms with Crippen LogP contribution in [0.2, 0.25) is 5.02 Å². The van der Waals surface area contributed by atoms with E-state index in [0.29, 0.717) is 16.5 Å². The van der Waals surface area contributed by atoms with Gasteiger partial charge in [-0.3, -0.25) is 10.1 Å². The van der Waals surface area contributed by atoms with Gasteiger partial charge in [0.05, 0.1) is 17.5 Å². The molecule has 1 amide bonds. The number of amides is 1. The molecule has 7 heteroatoms. The number of hydrogen-bond donors (Lipinski definition) is 2. The number of nitrogens with one attached hydrogen (secondary N) is 1. The molecule has 2 N–H and O–H groups in total. The number of rotatable bonds is 4. The molecule has 0 radical (unpaired) electrons. The predicted octanol–water partition coefficient (Wildman–Crippen LogP) is 3.65. The molecule has 0 aliphatic heterocycles. The Morgan fingerprint density at radius 1 is 1.52 bits per heavy atom. The number of halogens is 2. The van der Waals surface area contributed by atoms with E-state index >= 15 is 0 Å². The number of aliphatic hydroxyl groups is 1. The largest absolute Gasteiger partial charge is 0.390 e. The van der Waals surface area contributed by atoms with E-state index in [1.165, 1.54) is 6.07 Å². The number of fused-ring (bicyclic) bond motifs is 1. The van der Waals surface area contributed by atoms with Crippen molar-refractivity contribution in [2.45, 2.75) is 51.2 Å². The van der Waals surface area contributed by atoms with Crippen molar-refractivity contribution in [3.05, 3.63) is 23.0 Å². The number of imidazole rings is 1. The molecule has 3 rings (SSSR count). The van der Waals surface area contributed by atoms with Crippen molar-refractivity contribution in [3.63, 3.8) is 0 Å². The van der Waals surface area contributed by atoms with Crippen LogP contribution in [0.5, 0.6) is 0 Å². The number of hydrogen-bond acceptors (Lipinski definition) is 3. The zero-order chi connectivity index (χ0) is 16.8. The van der Waals surface area contributed by atoms with E-state index < -0.39 is 11.4 Å². The standard InChI is InChI=1S/C16H19ClFN3O2/c1-16(2,23)8-13(22)19-15-20-14-11(18)6-9(17)7-12(14)21(15)10-4-3-5-10/h6-7,10,23H,3-5,8H2,1-2H3,(H,19,20,22). The second kappa shape index (κ2) is 5.76. The van der Waals surface area contributed by atoms with Gasteiger partial charge in [0.15, 0.2) is 5.82 Å².